The lowest BCUT2D eigenvalue weighted by molar-refractivity contribution is 0.585. The third kappa shape index (κ3) is 3.77. The van der Waals surface area contributed by atoms with Gasteiger partial charge in [-0.2, -0.15) is 4.52 Å². The second kappa shape index (κ2) is 7.88. The van der Waals surface area contributed by atoms with Crippen LogP contribution in [-0.4, -0.2) is 28.2 Å². The average molecular weight is 476 g/mol. The van der Waals surface area contributed by atoms with E-state index in [-0.39, 0.29) is 21.0 Å². The minimum absolute atomic E-state index is 0.0810. The van der Waals surface area contributed by atoms with E-state index in [1.165, 1.54) is 16.6 Å². The molecule has 7 nitrogen and oxygen atoms in total. The first-order valence-corrected chi connectivity index (χ1v) is 12.2. The molecular formula is C25H22FN5O2S. The number of sulfone groups is 1. The molecule has 0 saturated heterocycles. The average Bonchev–Trinajstić information content (AvgIpc) is 3.24. The zero-order valence-corrected chi connectivity index (χ0v) is 19.6. The third-order valence-corrected chi connectivity index (χ3v) is 7.26. The van der Waals surface area contributed by atoms with Crippen LogP contribution < -0.4 is 5.32 Å². The minimum atomic E-state index is -3.99. The van der Waals surface area contributed by atoms with E-state index in [1.54, 1.807) is 42.5 Å². The van der Waals surface area contributed by atoms with Crippen LogP contribution in [0.5, 0.6) is 0 Å². The molecule has 0 spiro atoms. The first-order valence-electron chi connectivity index (χ1n) is 10.7. The van der Waals surface area contributed by atoms with Gasteiger partial charge >= 0.3 is 0 Å². The highest BCUT2D eigenvalue weighted by atomic mass is 32.2. The fourth-order valence-corrected chi connectivity index (χ4v) is 5.00. The molecule has 3 aromatic carbocycles. The maximum atomic E-state index is 13.7. The van der Waals surface area contributed by atoms with Crippen LogP contribution in [0.3, 0.4) is 0 Å². The monoisotopic (exact) mass is 475 g/mol. The maximum Gasteiger partial charge on any atom is 0.229 e. The molecule has 5 aromatic rings. The molecule has 2 heterocycles. The Morgan fingerprint density at radius 1 is 0.941 bits per heavy atom. The first-order chi connectivity index (χ1) is 16.1. The van der Waals surface area contributed by atoms with E-state index >= 15 is 0 Å². The molecule has 0 aliphatic rings. The molecule has 0 atom stereocenters. The maximum absolute atomic E-state index is 13.7. The number of aromatic nitrogens is 4. The van der Waals surface area contributed by atoms with Gasteiger partial charge in [-0.25, -0.2) is 17.8 Å². The molecule has 0 amide bonds. The van der Waals surface area contributed by atoms with Gasteiger partial charge in [0.25, 0.3) is 0 Å². The molecule has 0 saturated carbocycles. The summed E-state index contributed by atoms with van der Waals surface area (Å²) >= 11 is 0. The molecular weight excluding hydrogens is 453 g/mol. The van der Waals surface area contributed by atoms with Crippen molar-refractivity contribution in [1.82, 2.24) is 19.8 Å². The van der Waals surface area contributed by atoms with Crippen LogP contribution in [0.1, 0.15) is 26.3 Å². The lowest BCUT2D eigenvalue weighted by Crippen LogP contribution is -2.11. The Bertz CT molecular complexity index is 1640. The van der Waals surface area contributed by atoms with Crippen molar-refractivity contribution in [2.75, 3.05) is 5.32 Å². The summed E-state index contributed by atoms with van der Waals surface area (Å²) in [6.07, 6.45) is 0. The number of para-hydroxylation sites is 1. The van der Waals surface area contributed by atoms with E-state index in [2.05, 4.69) is 41.4 Å². The van der Waals surface area contributed by atoms with Gasteiger partial charge in [-0.15, -0.1) is 5.10 Å². The van der Waals surface area contributed by atoms with Crippen molar-refractivity contribution in [1.29, 1.82) is 0 Å². The van der Waals surface area contributed by atoms with Crippen LogP contribution in [0.15, 0.2) is 82.7 Å². The summed E-state index contributed by atoms with van der Waals surface area (Å²) in [6.45, 7) is 6.18. The van der Waals surface area contributed by atoms with Crippen LogP contribution in [0, 0.1) is 5.82 Å². The van der Waals surface area contributed by atoms with Gasteiger partial charge < -0.3 is 5.32 Å². The zero-order valence-electron chi connectivity index (χ0n) is 18.8. The van der Waals surface area contributed by atoms with Gasteiger partial charge in [0.05, 0.1) is 10.4 Å². The number of fused-ring (bicyclic) bond motifs is 3. The van der Waals surface area contributed by atoms with Gasteiger partial charge in [-0.05, 0) is 53.4 Å². The van der Waals surface area contributed by atoms with E-state index in [1.807, 2.05) is 18.2 Å². The van der Waals surface area contributed by atoms with Crippen molar-refractivity contribution in [2.45, 2.75) is 36.1 Å². The fourth-order valence-electron chi connectivity index (χ4n) is 3.76. The Kier molecular flexibility index (Phi) is 5.09. The van der Waals surface area contributed by atoms with Crippen LogP contribution in [-0.2, 0) is 15.3 Å². The molecule has 5 rings (SSSR count). The summed E-state index contributed by atoms with van der Waals surface area (Å²) in [5.74, 6) is -0.0288. The van der Waals surface area contributed by atoms with Crippen molar-refractivity contribution in [3.8, 4) is 0 Å². The molecule has 1 N–H and O–H groups in total. The number of hydrogen-bond acceptors (Lipinski definition) is 6. The van der Waals surface area contributed by atoms with Gasteiger partial charge in [-0.3, -0.25) is 0 Å². The second-order valence-corrected chi connectivity index (χ2v) is 10.9. The van der Waals surface area contributed by atoms with Crippen LogP contribution in [0.25, 0.3) is 16.6 Å². The van der Waals surface area contributed by atoms with Crippen molar-refractivity contribution in [3.63, 3.8) is 0 Å². The number of nitrogens with one attached hydrogen (secondary N) is 1. The van der Waals surface area contributed by atoms with Crippen LogP contribution in [0.2, 0.25) is 0 Å². The largest absolute Gasteiger partial charge is 0.340 e. The van der Waals surface area contributed by atoms with E-state index < -0.39 is 15.7 Å². The summed E-state index contributed by atoms with van der Waals surface area (Å²) in [7, 11) is -3.99. The second-order valence-electron chi connectivity index (χ2n) is 9.02. The third-order valence-electron chi connectivity index (χ3n) is 5.59. The van der Waals surface area contributed by atoms with Gasteiger partial charge in [-0.1, -0.05) is 56.3 Å². The fraction of sp³-hybridized carbons (Fsp3) is 0.160. The Hall–Kier alpha value is -3.85. The van der Waals surface area contributed by atoms with Crippen LogP contribution >= 0.6 is 0 Å². The Morgan fingerprint density at radius 2 is 1.68 bits per heavy atom. The molecule has 34 heavy (non-hydrogen) atoms. The van der Waals surface area contributed by atoms with E-state index in [0.717, 1.165) is 5.56 Å². The van der Waals surface area contributed by atoms with Gasteiger partial charge in [0.2, 0.25) is 14.9 Å². The summed E-state index contributed by atoms with van der Waals surface area (Å²) in [5, 5.41) is 11.6. The standard InChI is InChI=1S/C25H22FN5O2S/c1-25(2,3)16-11-13-19(14-12-16)34(32,33)24-23-28-22(27-18-8-6-7-17(26)15-18)20-9-4-5-10-21(20)31(23)30-29-24/h4-15H,1-3H3,(H,27,28). The molecule has 9 heteroatoms. The summed E-state index contributed by atoms with van der Waals surface area (Å²) in [6, 6.07) is 20.0. The summed E-state index contributed by atoms with van der Waals surface area (Å²) in [5.41, 5.74) is 2.09. The Morgan fingerprint density at radius 3 is 2.38 bits per heavy atom. The highest BCUT2D eigenvalue weighted by Crippen LogP contribution is 2.30. The molecule has 172 valence electrons. The highest BCUT2D eigenvalue weighted by Gasteiger charge is 2.27. The van der Waals surface area contributed by atoms with Crippen molar-refractivity contribution in [2.24, 2.45) is 0 Å². The van der Waals surface area contributed by atoms with E-state index in [0.29, 0.717) is 22.4 Å². The summed E-state index contributed by atoms with van der Waals surface area (Å²) < 4.78 is 42.1. The lowest BCUT2D eigenvalue weighted by atomic mass is 9.87. The Balaban J connectivity index is 1.68. The molecule has 0 aliphatic heterocycles. The van der Waals surface area contributed by atoms with Crippen molar-refractivity contribution < 1.29 is 12.8 Å². The predicted octanol–water partition coefficient (Wildman–Crippen LogP) is 5.29. The molecule has 0 unspecified atom stereocenters. The molecule has 0 bridgehead atoms. The number of hydrogen-bond donors (Lipinski definition) is 1. The smallest absolute Gasteiger partial charge is 0.229 e. The topological polar surface area (TPSA) is 89.2 Å². The molecule has 0 radical (unpaired) electrons. The lowest BCUT2D eigenvalue weighted by Gasteiger charge is -2.19. The molecule has 2 aromatic heterocycles. The van der Waals surface area contributed by atoms with Crippen molar-refractivity contribution >= 4 is 37.9 Å². The van der Waals surface area contributed by atoms with Gasteiger partial charge in [0.1, 0.15) is 11.6 Å². The Labute approximate surface area is 196 Å². The van der Waals surface area contributed by atoms with E-state index in [4.69, 9.17) is 0 Å². The minimum Gasteiger partial charge on any atom is -0.340 e. The quantitative estimate of drug-likeness (QED) is 0.380. The number of halogens is 1. The van der Waals surface area contributed by atoms with E-state index in [9.17, 15) is 12.8 Å². The molecule has 0 aliphatic carbocycles. The molecule has 0 fully saturated rings. The van der Waals surface area contributed by atoms with Gasteiger partial charge in [0.15, 0.2) is 5.65 Å². The summed E-state index contributed by atoms with van der Waals surface area (Å²) in [4.78, 5) is 4.67. The predicted molar refractivity (Wildman–Crippen MR) is 129 cm³/mol. The number of anilines is 2. The van der Waals surface area contributed by atoms with Gasteiger partial charge in [0, 0.05) is 11.1 Å². The number of nitrogens with zero attached hydrogens (tertiary/aromatic N) is 4. The van der Waals surface area contributed by atoms with Crippen molar-refractivity contribution in [3.05, 3.63) is 84.2 Å². The number of rotatable bonds is 4. The normalized spacial score (nSPS) is 12.4. The SMILES string of the molecule is CC(C)(C)c1ccc(S(=O)(=O)c2nnn3c2nc(Nc2cccc(F)c2)c2ccccc23)cc1. The highest BCUT2D eigenvalue weighted by molar-refractivity contribution is 7.91. The zero-order chi connectivity index (χ0) is 24.1. The first kappa shape index (κ1) is 22.0. The number of benzene rings is 3. The van der Waals surface area contributed by atoms with Crippen LogP contribution in [0.4, 0.5) is 15.9 Å².